The molecule has 2 aliphatic rings. The number of rotatable bonds is 6. The third-order valence-corrected chi connectivity index (χ3v) is 6.02. The number of hydrogen-bond donors (Lipinski definition) is 2. The molecule has 0 unspecified atom stereocenters. The Hall–Kier alpha value is -1.63. The van der Waals surface area contributed by atoms with Crippen molar-refractivity contribution in [3.63, 3.8) is 0 Å². The first-order valence-electron chi connectivity index (χ1n) is 10.3. The number of carbonyl (C=O) groups excluding carboxylic acids is 1. The number of benzene rings is 1. The van der Waals surface area contributed by atoms with Gasteiger partial charge in [-0.2, -0.15) is 0 Å². The molecule has 1 aromatic rings. The van der Waals surface area contributed by atoms with E-state index in [2.05, 4.69) is 28.2 Å². The largest absolute Gasteiger partial charge is 0.392 e. The number of carbonyl (C=O) groups is 1. The summed E-state index contributed by atoms with van der Waals surface area (Å²) in [6.07, 6.45) is 4.90. The van der Waals surface area contributed by atoms with Crippen molar-refractivity contribution < 1.29 is 9.90 Å². The minimum Gasteiger partial charge on any atom is -0.392 e. The van der Waals surface area contributed by atoms with Gasteiger partial charge in [0.15, 0.2) is 0 Å². The van der Waals surface area contributed by atoms with Crippen LogP contribution in [0.15, 0.2) is 24.3 Å². The van der Waals surface area contributed by atoms with Gasteiger partial charge in [-0.1, -0.05) is 30.7 Å². The topological polar surface area (TPSA) is 59.1 Å². The van der Waals surface area contributed by atoms with Gasteiger partial charge in [-0.3, -0.25) is 4.90 Å². The van der Waals surface area contributed by atoms with Gasteiger partial charge in [0.05, 0.1) is 6.61 Å². The molecule has 1 aromatic carbocycles. The first kappa shape index (κ1) is 20.1. The molecule has 6 nitrogen and oxygen atoms in total. The zero-order valence-corrected chi connectivity index (χ0v) is 16.6. The quantitative estimate of drug-likeness (QED) is 0.798. The Kier molecular flexibility index (Phi) is 7.50. The van der Waals surface area contributed by atoms with Gasteiger partial charge >= 0.3 is 6.03 Å². The lowest BCUT2D eigenvalue weighted by Gasteiger charge is -2.35. The molecule has 0 saturated carbocycles. The van der Waals surface area contributed by atoms with Gasteiger partial charge in [-0.15, -0.1) is 0 Å². The molecule has 2 N–H and O–H groups in total. The number of amides is 2. The summed E-state index contributed by atoms with van der Waals surface area (Å²) in [7, 11) is 2.19. The number of aliphatic hydroxyl groups is 1. The van der Waals surface area contributed by atoms with Crippen molar-refractivity contribution in [2.24, 2.45) is 0 Å². The summed E-state index contributed by atoms with van der Waals surface area (Å²) < 4.78 is 0. The molecular weight excluding hydrogens is 340 g/mol. The maximum absolute atomic E-state index is 12.4. The molecule has 2 saturated heterocycles. The highest BCUT2D eigenvalue weighted by Gasteiger charge is 2.22. The Morgan fingerprint density at radius 1 is 1.11 bits per heavy atom. The molecule has 2 fully saturated rings. The standard InChI is InChI=1S/C21H34N4O2/c1-23-11-5-4-8-20(23)9-10-22-21(27)25-14-12-24(13-15-25)16-18-6-2-3-7-19(18)17-26/h2-3,6-7,20,26H,4-5,8-17H2,1H3,(H,22,27)/t20-/m1/s1. The van der Waals surface area contributed by atoms with Crippen LogP contribution in [0.5, 0.6) is 0 Å². The van der Waals surface area contributed by atoms with Gasteiger partial charge in [0.2, 0.25) is 0 Å². The summed E-state index contributed by atoms with van der Waals surface area (Å²) in [6.45, 7) is 6.12. The Morgan fingerprint density at radius 3 is 2.56 bits per heavy atom. The Balaban J connectivity index is 1.37. The Bertz CT molecular complexity index is 602. The zero-order valence-electron chi connectivity index (χ0n) is 16.6. The van der Waals surface area contributed by atoms with Crippen molar-refractivity contribution >= 4 is 6.03 Å². The fourth-order valence-electron chi connectivity index (χ4n) is 4.18. The molecule has 0 radical (unpaired) electrons. The van der Waals surface area contributed by atoms with Crippen molar-refractivity contribution in [1.29, 1.82) is 0 Å². The normalized spacial score (nSPS) is 22.0. The Morgan fingerprint density at radius 2 is 1.85 bits per heavy atom. The molecule has 27 heavy (non-hydrogen) atoms. The van der Waals surface area contributed by atoms with E-state index in [4.69, 9.17) is 0 Å². The van der Waals surface area contributed by atoms with Crippen molar-refractivity contribution in [3.8, 4) is 0 Å². The SMILES string of the molecule is CN1CCCC[C@@H]1CCNC(=O)N1CCN(Cc2ccccc2CO)CC1. The van der Waals surface area contributed by atoms with Crippen LogP contribution in [0.4, 0.5) is 4.79 Å². The lowest BCUT2D eigenvalue weighted by Crippen LogP contribution is -2.52. The van der Waals surface area contributed by atoms with Crippen LogP contribution in [-0.2, 0) is 13.2 Å². The molecular formula is C21H34N4O2. The summed E-state index contributed by atoms with van der Waals surface area (Å²) in [6, 6.07) is 8.71. The van der Waals surface area contributed by atoms with Crippen LogP contribution in [0.25, 0.3) is 0 Å². The van der Waals surface area contributed by atoms with Gasteiger partial charge in [0.25, 0.3) is 0 Å². The zero-order chi connectivity index (χ0) is 19.1. The summed E-state index contributed by atoms with van der Waals surface area (Å²) in [5.74, 6) is 0. The maximum Gasteiger partial charge on any atom is 0.317 e. The van der Waals surface area contributed by atoms with Crippen LogP contribution in [0.1, 0.15) is 36.8 Å². The van der Waals surface area contributed by atoms with E-state index in [0.29, 0.717) is 6.04 Å². The van der Waals surface area contributed by atoms with Crippen LogP contribution < -0.4 is 5.32 Å². The second-order valence-electron chi connectivity index (χ2n) is 7.84. The average Bonchev–Trinajstić information content (AvgIpc) is 2.70. The van der Waals surface area contributed by atoms with Crippen LogP contribution in [0.3, 0.4) is 0 Å². The monoisotopic (exact) mass is 374 g/mol. The van der Waals surface area contributed by atoms with E-state index in [0.717, 1.165) is 51.3 Å². The lowest BCUT2D eigenvalue weighted by atomic mass is 10.0. The summed E-state index contributed by atoms with van der Waals surface area (Å²) in [4.78, 5) is 19.2. The molecule has 2 aliphatic heterocycles. The Labute approximate surface area is 163 Å². The third kappa shape index (κ3) is 5.67. The molecule has 1 atom stereocenters. The van der Waals surface area contributed by atoms with Crippen LogP contribution in [0.2, 0.25) is 0 Å². The molecule has 0 aliphatic carbocycles. The number of piperazine rings is 1. The van der Waals surface area contributed by atoms with E-state index in [-0.39, 0.29) is 12.6 Å². The van der Waals surface area contributed by atoms with Crippen LogP contribution in [-0.4, -0.2) is 78.2 Å². The second kappa shape index (κ2) is 10.1. The van der Waals surface area contributed by atoms with Gasteiger partial charge in [0.1, 0.15) is 0 Å². The number of urea groups is 1. The molecule has 2 amide bonds. The number of piperidine rings is 1. The molecule has 0 aromatic heterocycles. The maximum atomic E-state index is 12.4. The highest BCUT2D eigenvalue weighted by Crippen LogP contribution is 2.17. The third-order valence-electron chi connectivity index (χ3n) is 6.02. The van der Waals surface area contributed by atoms with Crippen molar-refractivity contribution in [3.05, 3.63) is 35.4 Å². The highest BCUT2D eigenvalue weighted by molar-refractivity contribution is 5.74. The number of likely N-dealkylation sites (tertiary alicyclic amines) is 1. The van der Waals surface area contributed by atoms with E-state index in [1.165, 1.54) is 31.4 Å². The highest BCUT2D eigenvalue weighted by atomic mass is 16.3. The lowest BCUT2D eigenvalue weighted by molar-refractivity contribution is 0.133. The first-order valence-corrected chi connectivity index (χ1v) is 10.3. The van der Waals surface area contributed by atoms with E-state index >= 15 is 0 Å². The predicted molar refractivity (Wildman–Crippen MR) is 107 cm³/mol. The number of aliphatic hydroxyl groups excluding tert-OH is 1. The van der Waals surface area contributed by atoms with Crippen LogP contribution in [0, 0.1) is 0 Å². The number of hydrogen-bond acceptors (Lipinski definition) is 4. The smallest absolute Gasteiger partial charge is 0.317 e. The van der Waals surface area contributed by atoms with Gasteiger partial charge < -0.3 is 20.2 Å². The summed E-state index contributed by atoms with van der Waals surface area (Å²) in [5, 5.41) is 12.6. The van der Waals surface area contributed by atoms with Crippen molar-refractivity contribution in [2.45, 2.75) is 44.9 Å². The number of nitrogens with zero attached hydrogens (tertiary/aromatic N) is 3. The van der Waals surface area contributed by atoms with E-state index in [1.807, 2.05) is 23.1 Å². The molecule has 150 valence electrons. The van der Waals surface area contributed by atoms with E-state index < -0.39 is 0 Å². The number of nitrogens with one attached hydrogen (secondary N) is 1. The van der Waals surface area contributed by atoms with Gasteiger partial charge in [-0.25, -0.2) is 4.79 Å². The predicted octanol–water partition coefficient (Wildman–Crippen LogP) is 1.88. The minimum absolute atomic E-state index is 0.0730. The molecule has 6 heteroatoms. The molecule has 0 bridgehead atoms. The summed E-state index contributed by atoms with van der Waals surface area (Å²) in [5.41, 5.74) is 2.17. The minimum atomic E-state index is 0.0730. The fourth-order valence-corrected chi connectivity index (χ4v) is 4.18. The average molecular weight is 375 g/mol. The van der Waals surface area contributed by atoms with Gasteiger partial charge in [-0.05, 0) is 44.0 Å². The molecule has 3 rings (SSSR count). The second-order valence-corrected chi connectivity index (χ2v) is 7.84. The fraction of sp³-hybridized carbons (Fsp3) is 0.667. The van der Waals surface area contributed by atoms with E-state index in [9.17, 15) is 9.90 Å². The van der Waals surface area contributed by atoms with Crippen molar-refractivity contribution in [1.82, 2.24) is 20.0 Å². The first-order chi connectivity index (χ1) is 13.2. The van der Waals surface area contributed by atoms with E-state index in [1.54, 1.807) is 0 Å². The van der Waals surface area contributed by atoms with Gasteiger partial charge in [0, 0.05) is 45.3 Å². The van der Waals surface area contributed by atoms with Crippen molar-refractivity contribution in [2.75, 3.05) is 46.3 Å². The molecule has 0 spiro atoms. The summed E-state index contributed by atoms with van der Waals surface area (Å²) >= 11 is 0. The van der Waals surface area contributed by atoms with Crippen LogP contribution >= 0.6 is 0 Å². The molecule has 2 heterocycles.